The topological polar surface area (TPSA) is 406 Å². The minimum Gasteiger partial charge on any atom is -0.478 e. The van der Waals surface area contributed by atoms with Gasteiger partial charge in [-0.2, -0.15) is 43.6 Å². The number of aryl methyl sites for hydroxylation is 1. The molecule has 9 N–H and O–H groups in total. The van der Waals surface area contributed by atoms with Crippen LogP contribution in [0.2, 0.25) is 0 Å². The summed E-state index contributed by atoms with van der Waals surface area (Å²) in [6.45, 7) is -0.801. The summed E-state index contributed by atoms with van der Waals surface area (Å²) >= 11 is 0. The van der Waals surface area contributed by atoms with Crippen LogP contribution in [0.25, 0.3) is 22.0 Å². The van der Waals surface area contributed by atoms with Gasteiger partial charge in [0, 0.05) is 35.7 Å². The van der Waals surface area contributed by atoms with Gasteiger partial charge in [-0.1, -0.05) is 36.4 Å². The van der Waals surface area contributed by atoms with Gasteiger partial charge in [-0.15, -0.1) is 0 Å². The summed E-state index contributed by atoms with van der Waals surface area (Å²) in [5, 5.41) is 17.2. The zero-order chi connectivity index (χ0) is 51.0. The molecule has 5 aromatic carbocycles. The SMILES string of the molecule is Cn1c(=O)c(C(=O)c2cccc(S(=O)(=O)O)c2)c2c3c(c(Nc4cc(CNc5nc(Nc6cc(S(=O)(=O)O)ccc6C(=O)O)[nH]c(=O)n5)c(S(=O)(=O)O)cc4S(=O)(=O)O)ccc31)C(=O)c1ccccc1-2. The molecule has 0 unspecified atom stereocenters. The Morgan fingerprint density at radius 1 is 0.657 bits per heavy atom. The normalized spacial score (nSPS) is 12.6. The van der Waals surface area contributed by atoms with Crippen molar-refractivity contribution in [1.82, 2.24) is 19.5 Å². The molecule has 0 bridgehead atoms. The van der Waals surface area contributed by atoms with Crippen molar-refractivity contribution in [1.29, 1.82) is 0 Å². The maximum Gasteiger partial charge on any atom is 0.351 e. The highest BCUT2D eigenvalue weighted by Gasteiger charge is 2.35. The number of benzene rings is 5. The van der Waals surface area contributed by atoms with E-state index in [0.29, 0.717) is 12.1 Å². The van der Waals surface area contributed by atoms with E-state index in [9.17, 15) is 81.0 Å². The van der Waals surface area contributed by atoms with Gasteiger partial charge in [0.15, 0.2) is 11.6 Å². The Labute approximate surface area is 392 Å². The van der Waals surface area contributed by atoms with Gasteiger partial charge in [0.2, 0.25) is 11.9 Å². The van der Waals surface area contributed by atoms with Crippen LogP contribution >= 0.6 is 0 Å². The molecular weight excluding hydrogens is 1010 g/mol. The van der Waals surface area contributed by atoms with Crippen LogP contribution in [-0.4, -0.2) is 94.0 Å². The lowest BCUT2D eigenvalue weighted by atomic mass is 9.80. The second kappa shape index (κ2) is 17.2. The molecule has 25 nitrogen and oxygen atoms in total. The summed E-state index contributed by atoms with van der Waals surface area (Å²) < 4.78 is 140. The number of rotatable bonds is 14. The summed E-state index contributed by atoms with van der Waals surface area (Å²) in [5.74, 6) is -4.57. The zero-order valence-corrected chi connectivity index (χ0v) is 38.2. The fourth-order valence-corrected chi connectivity index (χ4v) is 10.2. The van der Waals surface area contributed by atoms with E-state index < -0.39 is 135 Å². The lowest BCUT2D eigenvalue weighted by Crippen LogP contribution is -2.29. The van der Waals surface area contributed by atoms with Gasteiger partial charge in [-0.25, -0.2) is 9.59 Å². The second-order valence-corrected chi connectivity index (χ2v) is 20.6. The number of fused-ring (bicyclic) bond motifs is 2. The molecule has 29 heteroatoms. The van der Waals surface area contributed by atoms with E-state index in [-0.39, 0.29) is 44.4 Å². The molecule has 0 aliphatic heterocycles. The standard InChI is InChI=1S/C41H29N7O18S4/c1-48-28-12-11-25(32-33(28)31(22-7-2-3-8-23(22)36(32)50)34(37(48)51)35(49)18-5-4-6-20(13-18)67(55,56)57)43-27-14-19(29(69(61,62)63)16-30(27)70(64,65)66)17-42-39-45-40(47-41(54)46-39)44-26-15-21(68(58,59)60)9-10-24(26)38(52)53/h2-16,43H,17H2,1H3,(H,52,53)(H,55,56,57)(H,58,59,60)(H,61,62,63)(H,64,65,66)(H3,42,44,45,46,47,54). The Morgan fingerprint density at radius 3 is 1.96 bits per heavy atom. The summed E-state index contributed by atoms with van der Waals surface area (Å²) in [6, 6.07) is 16.0. The number of carboxylic acids is 1. The van der Waals surface area contributed by atoms with Crippen molar-refractivity contribution in [3.05, 3.63) is 145 Å². The van der Waals surface area contributed by atoms with Crippen LogP contribution in [0.4, 0.5) is 29.0 Å². The number of carbonyl (C=O) groups excluding carboxylic acids is 2. The average Bonchev–Trinajstić information content (AvgIpc) is 3.27. The molecule has 2 aromatic heterocycles. The minimum absolute atomic E-state index is 0.0500. The molecule has 0 radical (unpaired) electrons. The molecule has 2 heterocycles. The molecule has 0 fully saturated rings. The highest BCUT2D eigenvalue weighted by molar-refractivity contribution is 7.87. The first-order chi connectivity index (χ1) is 32.6. The largest absolute Gasteiger partial charge is 0.478 e. The van der Waals surface area contributed by atoms with Gasteiger partial charge in [-0.05, 0) is 65.7 Å². The van der Waals surface area contributed by atoms with Crippen molar-refractivity contribution in [3.8, 4) is 11.1 Å². The fourth-order valence-electron chi connectivity index (χ4n) is 7.67. The number of ketones is 2. The first kappa shape index (κ1) is 48.4. The lowest BCUT2D eigenvalue weighted by Gasteiger charge is -2.26. The number of anilines is 5. The number of aromatic amines is 1. The van der Waals surface area contributed by atoms with Gasteiger partial charge in [0.05, 0.1) is 49.1 Å². The van der Waals surface area contributed by atoms with Crippen LogP contribution in [0, 0.1) is 0 Å². The van der Waals surface area contributed by atoms with E-state index in [1.54, 1.807) is 0 Å². The Balaban J connectivity index is 1.27. The number of carbonyl (C=O) groups is 3. The molecule has 1 aliphatic rings. The summed E-state index contributed by atoms with van der Waals surface area (Å²) in [5.41, 5.74) is -5.73. The van der Waals surface area contributed by atoms with Gasteiger partial charge < -0.3 is 25.6 Å². The molecule has 0 atom stereocenters. The first-order valence-electron chi connectivity index (χ1n) is 19.3. The van der Waals surface area contributed by atoms with E-state index in [1.807, 2.05) is 0 Å². The third kappa shape index (κ3) is 9.03. The van der Waals surface area contributed by atoms with E-state index in [0.717, 1.165) is 41.0 Å². The summed E-state index contributed by atoms with van der Waals surface area (Å²) in [4.78, 5) is 73.5. The summed E-state index contributed by atoms with van der Waals surface area (Å²) in [6.07, 6.45) is 0. The van der Waals surface area contributed by atoms with Crippen molar-refractivity contribution in [3.63, 3.8) is 0 Å². The molecular formula is C41H29N7O18S4. The highest BCUT2D eigenvalue weighted by Crippen LogP contribution is 2.45. The van der Waals surface area contributed by atoms with E-state index in [4.69, 9.17) is 0 Å². The highest BCUT2D eigenvalue weighted by atomic mass is 32.2. The van der Waals surface area contributed by atoms with Crippen molar-refractivity contribution < 1.29 is 71.4 Å². The molecule has 1 aliphatic carbocycles. The lowest BCUT2D eigenvalue weighted by molar-refractivity contribution is 0.0697. The predicted octanol–water partition coefficient (Wildman–Crippen LogP) is 3.24. The molecule has 0 spiro atoms. The Hall–Kier alpha value is -8.03. The Morgan fingerprint density at radius 2 is 1.31 bits per heavy atom. The van der Waals surface area contributed by atoms with Gasteiger partial charge in [-0.3, -0.25) is 37.6 Å². The zero-order valence-electron chi connectivity index (χ0n) is 34.9. The molecule has 0 saturated heterocycles. The molecule has 8 rings (SSSR count). The molecule has 7 aromatic rings. The van der Waals surface area contributed by atoms with Crippen molar-refractivity contribution >= 4 is 97.9 Å². The predicted molar refractivity (Wildman–Crippen MR) is 244 cm³/mol. The summed E-state index contributed by atoms with van der Waals surface area (Å²) in [7, 11) is -19.2. The van der Waals surface area contributed by atoms with Crippen LogP contribution in [0.1, 0.15) is 47.8 Å². The number of nitrogens with zero attached hydrogens (tertiary/aromatic N) is 3. The number of hydrogen-bond acceptors (Lipinski definition) is 18. The van der Waals surface area contributed by atoms with Crippen LogP contribution < -0.4 is 27.2 Å². The number of pyridine rings is 1. The molecule has 0 amide bonds. The fraction of sp³-hybridized carbons (Fsp3) is 0.0488. The first-order valence-corrected chi connectivity index (χ1v) is 25.1. The smallest absolute Gasteiger partial charge is 0.351 e. The average molecular weight is 1040 g/mol. The maximum atomic E-state index is 14.6. The monoisotopic (exact) mass is 1040 g/mol. The number of nitrogens with one attached hydrogen (secondary N) is 4. The number of carboxylic acid groups (broad SMARTS) is 1. The number of aromatic carboxylic acids is 1. The number of H-pyrrole nitrogens is 1. The van der Waals surface area contributed by atoms with Gasteiger partial charge >= 0.3 is 11.7 Å². The molecule has 70 heavy (non-hydrogen) atoms. The van der Waals surface area contributed by atoms with E-state index in [1.165, 1.54) is 49.5 Å². The third-order valence-corrected chi connectivity index (χ3v) is 14.2. The van der Waals surface area contributed by atoms with Crippen molar-refractivity contribution in [2.24, 2.45) is 7.05 Å². The van der Waals surface area contributed by atoms with Gasteiger partial charge in [0.25, 0.3) is 46.0 Å². The van der Waals surface area contributed by atoms with Gasteiger partial charge in [0.1, 0.15) is 9.79 Å². The third-order valence-electron chi connectivity index (χ3n) is 10.7. The maximum absolute atomic E-state index is 14.6. The van der Waals surface area contributed by atoms with Crippen LogP contribution in [0.15, 0.2) is 120 Å². The molecule has 0 saturated carbocycles. The van der Waals surface area contributed by atoms with Crippen LogP contribution in [0.3, 0.4) is 0 Å². The second-order valence-electron chi connectivity index (χ2n) is 15.0. The Kier molecular flexibility index (Phi) is 11.9. The number of aromatic nitrogens is 4. The van der Waals surface area contributed by atoms with Crippen LogP contribution in [-0.2, 0) is 54.1 Å². The van der Waals surface area contributed by atoms with Crippen molar-refractivity contribution in [2.75, 3.05) is 16.0 Å². The van der Waals surface area contributed by atoms with E-state index >= 15 is 0 Å². The number of hydrogen-bond donors (Lipinski definition) is 9. The van der Waals surface area contributed by atoms with E-state index in [2.05, 4.69) is 30.9 Å². The van der Waals surface area contributed by atoms with Crippen molar-refractivity contribution in [2.45, 2.75) is 26.1 Å². The van der Waals surface area contributed by atoms with Crippen LogP contribution in [0.5, 0.6) is 0 Å². The minimum atomic E-state index is -5.44. The quantitative estimate of drug-likeness (QED) is 0.0557. The Bertz CT molecular complexity index is 4100. The molecule has 360 valence electrons.